The minimum atomic E-state index is -3.63. The van der Waals surface area contributed by atoms with Crippen molar-refractivity contribution in [2.45, 2.75) is 27.3 Å². The maximum atomic E-state index is 12.8. The van der Waals surface area contributed by atoms with E-state index in [4.69, 9.17) is 23.2 Å². The molecule has 5 nitrogen and oxygen atoms in total. The summed E-state index contributed by atoms with van der Waals surface area (Å²) in [5, 5.41) is 3.71. The van der Waals surface area contributed by atoms with E-state index in [0.29, 0.717) is 26.9 Å². The van der Waals surface area contributed by atoms with E-state index in [1.165, 1.54) is 4.31 Å². The summed E-state index contributed by atoms with van der Waals surface area (Å²) in [4.78, 5) is 12.8. The molecule has 0 atom stereocenters. The van der Waals surface area contributed by atoms with Crippen LogP contribution in [0.15, 0.2) is 54.6 Å². The summed E-state index contributed by atoms with van der Waals surface area (Å²) in [6, 6.07) is 15.4. The molecule has 8 heteroatoms. The first-order valence-corrected chi connectivity index (χ1v) is 12.5. The van der Waals surface area contributed by atoms with Gasteiger partial charge in [-0.1, -0.05) is 47.0 Å². The summed E-state index contributed by atoms with van der Waals surface area (Å²) in [7, 11) is -3.63. The minimum Gasteiger partial charge on any atom is -0.322 e. The van der Waals surface area contributed by atoms with E-state index < -0.39 is 10.0 Å². The Kier molecular flexibility index (Phi) is 7.18. The van der Waals surface area contributed by atoms with E-state index in [0.717, 1.165) is 28.6 Å². The lowest BCUT2D eigenvalue weighted by molar-refractivity contribution is 0.102. The predicted octanol–water partition coefficient (Wildman–Crippen LogP) is 6.14. The summed E-state index contributed by atoms with van der Waals surface area (Å²) in [5.74, 6) is -0.272. The van der Waals surface area contributed by atoms with Crippen LogP contribution in [-0.2, 0) is 16.6 Å². The molecule has 0 saturated carbocycles. The molecule has 3 aromatic carbocycles. The van der Waals surface area contributed by atoms with Crippen LogP contribution in [0.3, 0.4) is 0 Å². The van der Waals surface area contributed by atoms with Gasteiger partial charge in [-0.3, -0.25) is 9.10 Å². The molecule has 32 heavy (non-hydrogen) atoms. The maximum absolute atomic E-state index is 12.8. The van der Waals surface area contributed by atoms with Gasteiger partial charge in [0, 0.05) is 26.9 Å². The van der Waals surface area contributed by atoms with Gasteiger partial charge >= 0.3 is 0 Å². The van der Waals surface area contributed by atoms with Crippen LogP contribution in [0.2, 0.25) is 10.0 Å². The van der Waals surface area contributed by atoms with Gasteiger partial charge in [0.1, 0.15) is 0 Å². The van der Waals surface area contributed by atoms with Gasteiger partial charge in [0.2, 0.25) is 10.0 Å². The number of hydrogen-bond donors (Lipinski definition) is 1. The summed E-state index contributed by atoms with van der Waals surface area (Å²) < 4.78 is 26.2. The predicted molar refractivity (Wildman–Crippen MR) is 133 cm³/mol. The van der Waals surface area contributed by atoms with Crippen LogP contribution in [0.1, 0.15) is 32.6 Å². The molecule has 3 rings (SSSR count). The van der Waals surface area contributed by atoms with Crippen molar-refractivity contribution in [1.29, 1.82) is 0 Å². The number of anilines is 2. The Morgan fingerprint density at radius 1 is 0.938 bits per heavy atom. The molecule has 0 fully saturated rings. The summed E-state index contributed by atoms with van der Waals surface area (Å²) in [5.41, 5.74) is 5.19. The van der Waals surface area contributed by atoms with Crippen LogP contribution >= 0.6 is 23.2 Å². The van der Waals surface area contributed by atoms with Crippen molar-refractivity contribution in [3.8, 4) is 0 Å². The molecule has 0 spiro atoms. The van der Waals surface area contributed by atoms with E-state index >= 15 is 0 Å². The van der Waals surface area contributed by atoms with Gasteiger partial charge in [-0.25, -0.2) is 8.42 Å². The third-order valence-corrected chi connectivity index (χ3v) is 6.95. The lowest BCUT2D eigenvalue weighted by Crippen LogP contribution is -2.29. The Hall–Kier alpha value is -2.54. The van der Waals surface area contributed by atoms with Gasteiger partial charge < -0.3 is 5.32 Å². The average molecular weight is 491 g/mol. The highest BCUT2D eigenvalue weighted by Gasteiger charge is 2.21. The average Bonchev–Trinajstić information content (AvgIpc) is 2.69. The molecule has 0 aliphatic heterocycles. The molecule has 0 heterocycles. The van der Waals surface area contributed by atoms with Crippen molar-refractivity contribution in [3.63, 3.8) is 0 Å². The second-order valence-electron chi connectivity index (χ2n) is 7.74. The molecule has 3 aromatic rings. The van der Waals surface area contributed by atoms with Crippen LogP contribution in [0, 0.1) is 20.8 Å². The first-order valence-electron chi connectivity index (χ1n) is 9.87. The lowest BCUT2D eigenvalue weighted by Gasteiger charge is -2.24. The zero-order valence-electron chi connectivity index (χ0n) is 18.2. The van der Waals surface area contributed by atoms with E-state index in [-0.39, 0.29) is 12.5 Å². The van der Waals surface area contributed by atoms with E-state index in [1.54, 1.807) is 42.5 Å². The van der Waals surface area contributed by atoms with Crippen molar-refractivity contribution in [2.24, 2.45) is 0 Å². The molecule has 0 unspecified atom stereocenters. The quantitative estimate of drug-likeness (QED) is 0.451. The van der Waals surface area contributed by atoms with Crippen molar-refractivity contribution in [1.82, 2.24) is 0 Å². The van der Waals surface area contributed by atoms with Gasteiger partial charge in [-0.05, 0) is 68.3 Å². The van der Waals surface area contributed by atoms with E-state index in [1.807, 2.05) is 32.9 Å². The normalized spacial score (nSPS) is 11.3. The summed E-state index contributed by atoms with van der Waals surface area (Å²) in [6.45, 7) is 5.88. The topological polar surface area (TPSA) is 66.5 Å². The largest absolute Gasteiger partial charge is 0.322 e. The fourth-order valence-electron chi connectivity index (χ4n) is 3.57. The van der Waals surface area contributed by atoms with Crippen LogP contribution in [-0.4, -0.2) is 20.6 Å². The monoisotopic (exact) mass is 490 g/mol. The number of aryl methyl sites for hydroxylation is 3. The highest BCUT2D eigenvalue weighted by atomic mass is 35.5. The highest BCUT2D eigenvalue weighted by Crippen LogP contribution is 2.29. The standard InChI is InChI=1S/C24H24Cl2N2O3S/c1-15-12-16(2)23(17(3)13-15)27-24(29)18-8-10-19(11-9-18)28(32(4,30)31)14-20-21(25)6-5-7-22(20)26/h5-13H,14H2,1-4H3,(H,27,29). The second kappa shape index (κ2) is 9.53. The zero-order valence-corrected chi connectivity index (χ0v) is 20.6. The molecular weight excluding hydrogens is 467 g/mol. The molecule has 0 saturated heterocycles. The smallest absolute Gasteiger partial charge is 0.255 e. The van der Waals surface area contributed by atoms with Crippen LogP contribution in [0.5, 0.6) is 0 Å². The number of nitrogens with zero attached hydrogens (tertiary/aromatic N) is 1. The number of carbonyl (C=O) groups is 1. The van der Waals surface area contributed by atoms with Gasteiger partial charge in [0.15, 0.2) is 0 Å². The molecule has 168 valence electrons. The molecule has 1 N–H and O–H groups in total. The van der Waals surface area contributed by atoms with Crippen LogP contribution in [0.4, 0.5) is 11.4 Å². The summed E-state index contributed by atoms with van der Waals surface area (Å²) in [6.07, 6.45) is 1.11. The molecular formula is C24H24Cl2N2O3S. The highest BCUT2D eigenvalue weighted by molar-refractivity contribution is 7.92. The summed E-state index contributed by atoms with van der Waals surface area (Å²) >= 11 is 12.5. The molecule has 0 bridgehead atoms. The first-order chi connectivity index (χ1) is 15.0. The number of rotatable bonds is 6. The Bertz CT molecular complexity index is 1230. The molecule has 0 radical (unpaired) electrons. The van der Waals surface area contributed by atoms with Gasteiger partial charge in [0.05, 0.1) is 18.5 Å². The first kappa shape index (κ1) is 24.1. The molecule has 1 amide bonds. The van der Waals surface area contributed by atoms with Crippen molar-refractivity contribution in [2.75, 3.05) is 15.9 Å². The third kappa shape index (κ3) is 5.44. The minimum absolute atomic E-state index is 0.0232. The number of halogens is 2. The molecule has 0 aliphatic rings. The van der Waals surface area contributed by atoms with E-state index in [2.05, 4.69) is 5.32 Å². The number of hydrogen-bond acceptors (Lipinski definition) is 3. The Balaban J connectivity index is 1.87. The second-order valence-corrected chi connectivity index (χ2v) is 10.5. The lowest BCUT2D eigenvalue weighted by atomic mass is 10.0. The van der Waals surface area contributed by atoms with Crippen LogP contribution < -0.4 is 9.62 Å². The zero-order chi connectivity index (χ0) is 23.6. The van der Waals surface area contributed by atoms with E-state index in [9.17, 15) is 13.2 Å². The maximum Gasteiger partial charge on any atom is 0.255 e. The van der Waals surface area contributed by atoms with Gasteiger partial charge in [-0.2, -0.15) is 0 Å². The number of carbonyl (C=O) groups excluding carboxylic acids is 1. The van der Waals surface area contributed by atoms with Gasteiger partial charge in [-0.15, -0.1) is 0 Å². The fraction of sp³-hybridized carbons (Fsp3) is 0.208. The molecule has 0 aromatic heterocycles. The number of sulfonamides is 1. The third-order valence-electron chi connectivity index (χ3n) is 5.10. The van der Waals surface area contributed by atoms with Crippen LogP contribution in [0.25, 0.3) is 0 Å². The van der Waals surface area contributed by atoms with Gasteiger partial charge in [0.25, 0.3) is 5.91 Å². The van der Waals surface area contributed by atoms with Crippen molar-refractivity contribution < 1.29 is 13.2 Å². The molecule has 0 aliphatic carbocycles. The Morgan fingerprint density at radius 2 is 1.47 bits per heavy atom. The number of benzene rings is 3. The Morgan fingerprint density at radius 3 is 1.97 bits per heavy atom. The number of nitrogens with one attached hydrogen (secondary N) is 1. The fourth-order valence-corrected chi connectivity index (χ4v) is 4.95. The number of amides is 1. The van der Waals surface area contributed by atoms with Crippen molar-refractivity contribution in [3.05, 3.63) is 92.5 Å². The Labute approximate surface area is 199 Å². The van der Waals surface area contributed by atoms with Crippen molar-refractivity contribution >= 4 is 50.5 Å². The SMILES string of the molecule is Cc1cc(C)c(NC(=O)c2ccc(N(Cc3c(Cl)cccc3Cl)S(C)(=O)=O)cc2)c(C)c1.